The van der Waals surface area contributed by atoms with Gasteiger partial charge in [-0.3, -0.25) is 37.9 Å². The molecule has 0 atom stereocenters. The van der Waals surface area contributed by atoms with Crippen LogP contribution >= 0.6 is 31.9 Å². The summed E-state index contributed by atoms with van der Waals surface area (Å²) in [5.41, 5.74) is 11.0. The second-order valence-electron chi connectivity index (χ2n) is 21.0. The fraction of sp³-hybridized carbons (Fsp3) is 0.303. The van der Waals surface area contributed by atoms with E-state index in [0.29, 0.717) is 51.8 Å². The molecule has 0 spiro atoms. The van der Waals surface area contributed by atoms with Gasteiger partial charge in [-0.1, -0.05) is 92.5 Å². The summed E-state index contributed by atoms with van der Waals surface area (Å²) in [4.78, 5) is 104. The molecule has 28 heteroatoms. The molecule has 2 heterocycles. The van der Waals surface area contributed by atoms with Gasteiger partial charge in [0, 0.05) is 54.4 Å². The van der Waals surface area contributed by atoms with Crippen molar-refractivity contribution in [3.05, 3.63) is 197 Å². The number of carbonyl (C=O) groups excluding carboxylic acids is 9. The molecule has 0 bridgehead atoms. The van der Waals surface area contributed by atoms with Gasteiger partial charge in [0.1, 0.15) is 53.4 Å². The van der Waals surface area contributed by atoms with Crippen LogP contribution in [0.4, 0.5) is 11.4 Å². The van der Waals surface area contributed by atoms with Crippen LogP contribution in [0.3, 0.4) is 0 Å². The van der Waals surface area contributed by atoms with Gasteiger partial charge in [-0.25, -0.2) is 14.4 Å². The van der Waals surface area contributed by atoms with Gasteiger partial charge in [-0.05, 0) is 157 Å². The minimum Gasteiger partial charge on any atom is -0.870 e. The molecule has 0 fully saturated rings. The molecule has 556 valence electrons. The number of ketones is 5. The first-order valence-electron chi connectivity index (χ1n) is 31.7. The number of nitrogens with two attached hydrogens (primary N) is 1. The zero-order chi connectivity index (χ0) is 76.4. The van der Waals surface area contributed by atoms with Crippen LogP contribution in [0.5, 0.6) is 40.2 Å². The minimum absolute atomic E-state index is 0. The molecule has 104 heavy (non-hydrogen) atoms. The molecule has 6 aromatic carbocycles. The van der Waals surface area contributed by atoms with Crippen molar-refractivity contribution in [2.45, 2.75) is 81.2 Å². The normalized spacial score (nSPS) is 9.62. The smallest absolute Gasteiger partial charge is 0.870 e. The third-order valence-corrected chi connectivity index (χ3v) is 14.7. The summed E-state index contributed by atoms with van der Waals surface area (Å²) in [5, 5.41) is 21.5. The van der Waals surface area contributed by atoms with Crippen molar-refractivity contribution in [3.8, 4) is 51.6 Å². The molecule has 8 aromatic rings. The summed E-state index contributed by atoms with van der Waals surface area (Å²) >= 11 is 6.32. The maximum absolute atomic E-state index is 12.9. The standard InChI is InChI=1S/C24H25NO5.C16H17NO6.C14H19NO4.C7H7Br.C7H9NO.C5H8O3.C3H5BrO.Na.H2O/c1-5-29-24(27)22-23(30-15-18-9-7-6-8-10-18)16(2)21(17(3)26)25(22)19-11-13-20(28-4)14-12-19;1-4-23-16(21)13-15(20)14(19)12(9(2)18)17(13)10-5-7-11(22-3)8-6-10;1-4-19-14(17)10-15(9-11(2)16)12-5-7-13(18-3)8-6-12;8-6-7-4-2-1-3-5-7;1-9-7-4-2-6(8)3-5-7;1-3-8-5(7)4(2)6;1-3(5)2-4;;/h6-14H,5,15H2,1-4H3;5-8,19-20H,4H2,1-3H3;5-8H,4,9-10H2,1-3H3;1-5H,6H2;2-5H,8H2,1H3;3H2,1-2H3;2H2,1H3;;1H2/q;;;;;;;+1;/p-1. The van der Waals surface area contributed by atoms with E-state index in [4.69, 9.17) is 43.6 Å². The molecular weight excluding hydrogens is 1490 g/mol. The first-order chi connectivity index (χ1) is 48.7. The van der Waals surface area contributed by atoms with E-state index in [1.165, 1.54) is 51.9 Å². The molecule has 0 aliphatic carbocycles. The van der Waals surface area contributed by atoms with E-state index >= 15 is 0 Å². The molecule has 0 amide bonds. The number of nitrogens with zero attached hydrogens (tertiary/aromatic N) is 3. The average Bonchev–Trinajstić information content (AvgIpc) is 1.68. The van der Waals surface area contributed by atoms with E-state index in [0.717, 1.165) is 33.8 Å². The maximum Gasteiger partial charge on any atom is 1.00 e. The number of Topliss-reactive ketones (excluding diaryl/α,β-unsaturated/α-hetero) is 5. The quantitative estimate of drug-likeness (QED) is 0.00910. The zero-order valence-corrected chi connectivity index (χ0v) is 66.4. The Kier molecular flexibility index (Phi) is 46.6. The number of carbonyl (C=O) groups is 9. The van der Waals surface area contributed by atoms with E-state index in [-0.39, 0.29) is 115 Å². The molecule has 0 aliphatic rings. The van der Waals surface area contributed by atoms with Gasteiger partial charge < -0.3 is 69.0 Å². The summed E-state index contributed by atoms with van der Waals surface area (Å²) in [7, 11) is 6.30. The molecule has 0 saturated carbocycles. The van der Waals surface area contributed by atoms with Gasteiger partial charge in [0.2, 0.25) is 5.78 Å². The molecule has 2 aromatic heterocycles. The summed E-state index contributed by atoms with van der Waals surface area (Å²) in [6, 6.07) is 47.9. The number of nitrogen functional groups attached to an aromatic ring is 1. The van der Waals surface area contributed by atoms with Crippen LogP contribution < -0.4 is 63.9 Å². The number of aromatic nitrogens is 2. The summed E-state index contributed by atoms with van der Waals surface area (Å²) in [5.74, 6) is -1.76. The average molecular weight is 1580 g/mol. The van der Waals surface area contributed by atoms with Gasteiger partial charge in [0.05, 0.1) is 72.4 Å². The molecule has 8 rings (SSSR count). The van der Waals surface area contributed by atoms with Crippen molar-refractivity contribution < 1.29 is 131 Å². The summed E-state index contributed by atoms with van der Waals surface area (Å²) in [6.45, 7) is 16.8. The van der Waals surface area contributed by atoms with Crippen LogP contribution in [0.2, 0.25) is 0 Å². The second-order valence-corrected chi connectivity index (χ2v) is 22.1. The molecular formula is C76H91Br2N4NaO21. The number of ether oxygens (including phenoxy) is 9. The number of anilines is 2. The van der Waals surface area contributed by atoms with Crippen LogP contribution in [0.1, 0.15) is 121 Å². The fourth-order valence-electron chi connectivity index (χ4n) is 8.68. The Hall–Kier alpha value is -9.77. The molecule has 0 saturated heterocycles. The largest absolute Gasteiger partial charge is 1.00 e. The monoisotopic (exact) mass is 1580 g/mol. The topological polar surface area (TPSA) is 346 Å². The summed E-state index contributed by atoms with van der Waals surface area (Å²) < 4.78 is 48.5. The number of alkyl halides is 2. The number of benzene rings is 6. The Morgan fingerprint density at radius 1 is 0.471 bits per heavy atom. The van der Waals surface area contributed by atoms with Crippen molar-refractivity contribution in [2.24, 2.45) is 0 Å². The first-order valence-corrected chi connectivity index (χ1v) is 33.9. The van der Waals surface area contributed by atoms with Crippen LogP contribution in [0, 0.1) is 6.92 Å². The number of esters is 4. The molecule has 0 aliphatic heterocycles. The van der Waals surface area contributed by atoms with Crippen molar-refractivity contribution >= 4 is 96.0 Å². The number of methoxy groups -OCH3 is 4. The van der Waals surface area contributed by atoms with Gasteiger partial charge in [-0.15, -0.1) is 0 Å². The van der Waals surface area contributed by atoms with Gasteiger partial charge in [0.25, 0.3) is 0 Å². The van der Waals surface area contributed by atoms with Gasteiger partial charge in [0.15, 0.2) is 40.2 Å². The van der Waals surface area contributed by atoms with E-state index < -0.39 is 41.0 Å². The van der Waals surface area contributed by atoms with Gasteiger partial charge in [-0.2, -0.15) is 0 Å². The van der Waals surface area contributed by atoms with E-state index in [2.05, 4.69) is 48.7 Å². The number of halogens is 2. The third kappa shape index (κ3) is 31.9. The predicted octanol–water partition coefficient (Wildman–Crippen LogP) is 10.5. The first kappa shape index (κ1) is 94.2. The number of rotatable bonds is 25. The Labute approximate surface area is 645 Å². The third-order valence-electron chi connectivity index (χ3n) is 13.3. The van der Waals surface area contributed by atoms with Gasteiger partial charge >= 0.3 is 53.4 Å². The number of hydrogen-bond acceptors (Lipinski definition) is 23. The van der Waals surface area contributed by atoms with Crippen LogP contribution in [-0.4, -0.2) is 151 Å². The Morgan fingerprint density at radius 2 is 0.846 bits per heavy atom. The van der Waals surface area contributed by atoms with Crippen molar-refractivity contribution in [3.63, 3.8) is 0 Å². The van der Waals surface area contributed by atoms with Crippen LogP contribution in [0.15, 0.2) is 158 Å². The van der Waals surface area contributed by atoms with E-state index in [9.17, 15) is 53.4 Å². The molecule has 0 radical (unpaired) electrons. The van der Waals surface area contributed by atoms with Crippen LogP contribution in [0.25, 0.3) is 11.4 Å². The number of aromatic hydroxyl groups is 2. The maximum atomic E-state index is 12.9. The fourth-order valence-corrected chi connectivity index (χ4v) is 9.06. The Morgan fingerprint density at radius 3 is 1.19 bits per heavy atom. The predicted molar refractivity (Wildman–Crippen MR) is 398 cm³/mol. The van der Waals surface area contributed by atoms with Crippen LogP contribution in [-0.2, 0) is 54.9 Å². The second kappa shape index (κ2) is 51.4. The van der Waals surface area contributed by atoms with Crippen molar-refractivity contribution in [1.82, 2.24) is 9.13 Å². The summed E-state index contributed by atoms with van der Waals surface area (Å²) in [6.07, 6.45) is 0. The Bertz CT molecular complexity index is 3950. The van der Waals surface area contributed by atoms with Crippen molar-refractivity contribution in [1.29, 1.82) is 0 Å². The Balaban J connectivity index is 0.00000128. The SMILES string of the molecule is BrCc1ccccc1.CC(=O)CBr.CCOC(=O)C(C)=O.CCOC(=O)CN(CC(C)=O)c1ccc(OC)cc1.CCOC(=O)c1c(O)c(O)c(C(C)=O)n1-c1ccc(OC)cc1.CCOC(=O)c1c(OCc2ccccc2)c(C)c(C(C)=O)n1-c1ccc(OC)cc1.COc1ccc(N)cc1.[Na+].[OH-]. The number of hydrogen-bond donors (Lipinski definition) is 3. The molecule has 0 unspecified atom stereocenters. The molecule has 25 nitrogen and oxygen atoms in total. The van der Waals surface area contributed by atoms with Crippen molar-refractivity contribution in [2.75, 3.05) is 83.9 Å². The zero-order valence-electron chi connectivity index (χ0n) is 61.2. The van der Waals surface area contributed by atoms with E-state index in [1.807, 2.05) is 60.7 Å². The molecule has 5 N–H and O–H groups in total. The van der Waals surface area contributed by atoms with E-state index in [1.54, 1.807) is 150 Å². The minimum atomic E-state index is -0.844.